The van der Waals surface area contributed by atoms with Crippen LogP contribution in [0.1, 0.15) is 15.9 Å². The number of amides is 1. The maximum Gasteiger partial charge on any atom is 0.255 e. The van der Waals surface area contributed by atoms with E-state index in [1.807, 2.05) is 37.3 Å². The van der Waals surface area contributed by atoms with Crippen molar-refractivity contribution in [3.63, 3.8) is 0 Å². The van der Waals surface area contributed by atoms with Crippen LogP contribution in [0, 0.1) is 6.92 Å². The number of carbonyl (C=O) groups is 1. The Labute approximate surface area is 177 Å². The van der Waals surface area contributed by atoms with Crippen LogP contribution in [0.15, 0.2) is 60.7 Å². The zero-order chi connectivity index (χ0) is 20.5. The number of para-hydroxylation sites is 1. The Kier molecular flexibility index (Phi) is 5.09. The van der Waals surface area contributed by atoms with Crippen molar-refractivity contribution in [1.82, 2.24) is 9.97 Å². The average molecular weight is 423 g/mol. The Morgan fingerprint density at radius 1 is 1.00 bits per heavy atom. The van der Waals surface area contributed by atoms with E-state index in [9.17, 15) is 4.79 Å². The first kappa shape index (κ1) is 19.2. The highest BCUT2D eigenvalue weighted by atomic mass is 35.5. The average Bonchev–Trinajstić information content (AvgIpc) is 2.71. The van der Waals surface area contributed by atoms with Crippen molar-refractivity contribution in [2.45, 2.75) is 6.92 Å². The van der Waals surface area contributed by atoms with Gasteiger partial charge in [-0.15, -0.1) is 0 Å². The first-order chi connectivity index (χ1) is 13.9. The minimum absolute atomic E-state index is 0.179. The molecule has 5 nitrogen and oxygen atoms in total. The maximum atomic E-state index is 12.8. The van der Waals surface area contributed by atoms with Gasteiger partial charge in [-0.25, -0.2) is 9.97 Å². The molecule has 144 valence electrons. The van der Waals surface area contributed by atoms with E-state index in [1.165, 1.54) is 0 Å². The summed E-state index contributed by atoms with van der Waals surface area (Å²) in [5.41, 5.74) is 10.0. The van der Waals surface area contributed by atoms with Crippen LogP contribution in [0.4, 0.5) is 11.6 Å². The summed E-state index contributed by atoms with van der Waals surface area (Å²) in [5.74, 6) is -0.125. The summed E-state index contributed by atoms with van der Waals surface area (Å²) < 4.78 is 0. The number of halogens is 2. The Morgan fingerprint density at radius 3 is 2.62 bits per heavy atom. The van der Waals surface area contributed by atoms with Gasteiger partial charge in [-0.3, -0.25) is 4.79 Å². The highest BCUT2D eigenvalue weighted by molar-refractivity contribution is 6.44. The molecule has 1 heterocycles. The van der Waals surface area contributed by atoms with E-state index in [4.69, 9.17) is 28.9 Å². The molecule has 1 amide bonds. The molecule has 7 heteroatoms. The van der Waals surface area contributed by atoms with E-state index in [-0.39, 0.29) is 11.9 Å². The second-order valence-corrected chi connectivity index (χ2v) is 7.32. The summed E-state index contributed by atoms with van der Waals surface area (Å²) in [6.45, 7) is 1.96. The van der Waals surface area contributed by atoms with Gasteiger partial charge in [-0.2, -0.15) is 0 Å². The smallest absolute Gasteiger partial charge is 0.255 e. The molecule has 0 bridgehead atoms. The van der Waals surface area contributed by atoms with Crippen molar-refractivity contribution in [3.8, 4) is 11.3 Å². The molecular weight excluding hydrogens is 407 g/mol. The normalized spacial score (nSPS) is 10.9. The van der Waals surface area contributed by atoms with Gasteiger partial charge in [0.15, 0.2) is 0 Å². The fourth-order valence-corrected chi connectivity index (χ4v) is 3.46. The SMILES string of the molecule is Cc1ccc(C(=O)Nc2cccc(Cl)c2Cl)cc1-c1nc(N)nc2ccccc12. The summed E-state index contributed by atoms with van der Waals surface area (Å²) in [6, 6.07) is 18.1. The molecule has 0 saturated heterocycles. The Hall–Kier alpha value is -3.15. The second-order valence-electron chi connectivity index (χ2n) is 6.53. The largest absolute Gasteiger partial charge is 0.368 e. The second kappa shape index (κ2) is 7.70. The number of aryl methyl sites for hydroxylation is 1. The number of carbonyl (C=O) groups excluding carboxylic acids is 1. The molecule has 29 heavy (non-hydrogen) atoms. The third-order valence-corrected chi connectivity index (χ3v) is 5.39. The predicted molar refractivity (Wildman–Crippen MR) is 119 cm³/mol. The van der Waals surface area contributed by atoms with Gasteiger partial charge in [0.1, 0.15) is 0 Å². The van der Waals surface area contributed by atoms with Crippen LogP contribution in [0.3, 0.4) is 0 Å². The minimum atomic E-state index is -0.304. The fraction of sp³-hybridized carbons (Fsp3) is 0.0455. The molecule has 0 aliphatic rings. The van der Waals surface area contributed by atoms with Crippen LogP contribution in [0.2, 0.25) is 10.0 Å². The quantitative estimate of drug-likeness (QED) is 0.440. The molecule has 3 aromatic carbocycles. The maximum absolute atomic E-state index is 12.8. The minimum Gasteiger partial charge on any atom is -0.368 e. The Balaban J connectivity index is 1.78. The van der Waals surface area contributed by atoms with Crippen LogP contribution in [0.25, 0.3) is 22.2 Å². The van der Waals surface area contributed by atoms with Gasteiger partial charge < -0.3 is 11.1 Å². The first-order valence-corrected chi connectivity index (χ1v) is 9.58. The van der Waals surface area contributed by atoms with Gasteiger partial charge in [0.25, 0.3) is 5.91 Å². The number of anilines is 2. The number of nitrogens with two attached hydrogens (primary N) is 1. The Bertz CT molecular complexity index is 1260. The van der Waals surface area contributed by atoms with Gasteiger partial charge in [-0.05, 0) is 42.8 Å². The standard InChI is InChI=1S/C22H16Cl2N4O/c1-12-9-10-13(21(29)26-18-8-4-6-16(23)19(18)24)11-15(12)20-14-5-2-3-7-17(14)27-22(25)28-20/h2-11H,1H3,(H,26,29)(H2,25,27,28). The lowest BCUT2D eigenvalue weighted by Gasteiger charge is -2.12. The van der Waals surface area contributed by atoms with Crippen molar-refractivity contribution < 1.29 is 4.79 Å². The van der Waals surface area contributed by atoms with Crippen LogP contribution in [-0.2, 0) is 0 Å². The molecule has 0 saturated carbocycles. The number of nitrogens with one attached hydrogen (secondary N) is 1. The van der Waals surface area contributed by atoms with E-state index in [0.29, 0.717) is 27.0 Å². The lowest BCUT2D eigenvalue weighted by molar-refractivity contribution is 0.102. The van der Waals surface area contributed by atoms with Crippen molar-refractivity contribution in [3.05, 3.63) is 81.8 Å². The summed E-state index contributed by atoms with van der Waals surface area (Å²) in [4.78, 5) is 21.6. The number of hydrogen-bond donors (Lipinski definition) is 2. The molecule has 0 spiro atoms. The molecule has 0 fully saturated rings. The lowest BCUT2D eigenvalue weighted by Crippen LogP contribution is -2.12. The number of rotatable bonds is 3. The first-order valence-electron chi connectivity index (χ1n) is 8.82. The number of benzene rings is 3. The third kappa shape index (κ3) is 3.75. The molecule has 3 N–H and O–H groups in total. The van der Waals surface area contributed by atoms with Gasteiger partial charge in [-0.1, -0.05) is 53.5 Å². The molecule has 4 rings (SSSR count). The summed E-state index contributed by atoms with van der Waals surface area (Å²) in [7, 11) is 0. The lowest BCUT2D eigenvalue weighted by atomic mass is 9.99. The van der Waals surface area contributed by atoms with E-state index in [1.54, 1.807) is 30.3 Å². The van der Waals surface area contributed by atoms with Crippen LogP contribution in [0.5, 0.6) is 0 Å². The topological polar surface area (TPSA) is 80.9 Å². The van der Waals surface area contributed by atoms with Gasteiger partial charge in [0, 0.05) is 16.5 Å². The summed E-state index contributed by atoms with van der Waals surface area (Å²) >= 11 is 12.2. The molecule has 0 aliphatic heterocycles. The predicted octanol–water partition coefficient (Wildman–Crippen LogP) is 5.75. The van der Waals surface area contributed by atoms with E-state index in [2.05, 4.69) is 15.3 Å². The number of aromatic nitrogens is 2. The zero-order valence-corrected chi connectivity index (χ0v) is 16.9. The van der Waals surface area contributed by atoms with Gasteiger partial charge in [0.05, 0.1) is 26.9 Å². The van der Waals surface area contributed by atoms with Gasteiger partial charge in [0.2, 0.25) is 5.95 Å². The van der Waals surface area contributed by atoms with E-state index >= 15 is 0 Å². The monoisotopic (exact) mass is 422 g/mol. The van der Waals surface area contributed by atoms with E-state index in [0.717, 1.165) is 22.0 Å². The van der Waals surface area contributed by atoms with Crippen molar-refractivity contribution >= 4 is 51.6 Å². The van der Waals surface area contributed by atoms with Gasteiger partial charge >= 0.3 is 0 Å². The summed E-state index contributed by atoms with van der Waals surface area (Å²) in [5, 5.41) is 4.33. The van der Waals surface area contributed by atoms with Crippen molar-refractivity contribution in [2.75, 3.05) is 11.1 Å². The van der Waals surface area contributed by atoms with Crippen LogP contribution in [-0.4, -0.2) is 15.9 Å². The van der Waals surface area contributed by atoms with E-state index < -0.39 is 0 Å². The summed E-state index contributed by atoms with van der Waals surface area (Å²) in [6.07, 6.45) is 0. The highest BCUT2D eigenvalue weighted by Crippen LogP contribution is 2.32. The zero-order valence-electron chi connectivity index (χ0n) is 15.4. The van der Waals surface area contributed by atoms with Crippen molar-refractivity contribution in [1.29, 1.82) is 0 Å². The molecular formula is C22H16Cl2N4O. The van der Waals surface area contributed by atoms with Crippen LogP contribution >= 0.6 is 23.2 Å². The molecule has 0 atom stereocenters. The number of fused-ring (bicyclic) bond motifs is 1. The molecule has 1 aromatic heterocycles. The highest BCUT2D eigenvalue weighted by Gasteiger charge is 2.15. The molecule has 0 radical (unpaired) electrons. The number of nitrogens with zero attached hydrogens (tertiary/aromatic N) is 2. The number of hydrogen-bond acceptors (Lipinski definition) is 4. The third-order valence-electron chi connectivity index (χ3n) is 4.58. The molecule has 0 unspecified atom stereocenters. The van der Waals surface area contributed by atoms with Crippen LogP contribution < -0.4 is 11.1 Å². The number of nitrogen functional groups attached to an aromatic ring is 1. The fourth-order valence-electron chi connectivity index (χ4n) is 3.11. The molecule has 4 aromatic rings. The molecule has 0 aliphatic carbocycles. The van der Waals surface area contributed by atoms with Crippen molar-refractivity contribution in [2.24, 2.45) is 0 Å². The Morgan fingerprint density at radius 2 is 1.79 bits per heavy atom.